The number of carbonyl (C=O) groups is 1. The zero-order valence-corrected chi connectivity index (χ0v) is 9.01. The van der Waals surface area contributed by atoms with E-state index in [2.05, 4.69) is 0 Å². The predicted molar refractivity (Wildman–Crippen MR) is 57.5 cm³/mol. The van der Waals surface area contributed by atoms with Crippen LogP contribution in [0, 0.1) is 0 Å². The van der Waals surface area contributed by atoms with Crippen molar-refractivity contribution in [2.24, 2.45) is 0 Å². The number of nitrogen functional groups attached to an aromatic ring is 1. The van der Waals surface area contributed by atoms with Gasteiger partial charge < -0.3 is 10.8 Å². The summed E-state index contributed by atoms with van der Waals surface area (Å²) in [6.07, 6.45) is -2.92. The van der Waals surface area contributed by atoms with Crippen LogP contribution in [0.1, 0.15) is 11.1 Å². The van der Waals surface area contributed by atoms with Crippen LogP contribution in [0.4, 0.5) is 18.9 Å². The second-order valence-corrected chi connectivity index (χ2v) is 3.54. The zero-order chi connectivity index (χ0) is 13.2. The number of alkyl halides is 3. The Morgan fingerprint density at radius 1 is 1.41 bits per heavy atom. The average molecular weight is 266 g/mol. The normalized spacial score (nSPS) is 12.0. The maximum atomic E-state index is 12.5. The summed E-state index contributed by atoms with van der Waals surface area (Å²) in [4.78, 5) is 10.2. The van der Waals surface area contributed by atoms with Gasteiger partial charge in [-0.3, -0.25) is 0 Å². The third-order valence-corrected chi connectivity index (χ3v) is 2.19. The molecule has 3 nitrogen and oxygen atoms in total. The topological polar surface area (TPSA) is 63.3 Å². The van der Waals surface area contributed by atoms with Crippen LogP contribution in [0.25, 0.3) is 6.08 Å². The number of anilines is 1. The Morgan fingerprint density at radius 2 is 2.00 bits per heavy atom. The van der Waals surface area contributed by atoms with Crippen molar-refractivity contribution < 1.29 is 23.1 Å². The van der Waals surface area contributed by atoms with Crippen LogP contribution in [0.15, 0.2) is 18.2 Å². The molecule has 17 heavy (non-hydrogen) atoms. The maximum Gasteiger partial charge on any atom is 0.418 e. The third kappa shape index (κ3) is 3.39. The molecule has 0 saturated heterocycles. The number of rotatable bonds is 2. The quantitative estimate of drug-likeness (QED) is 0.638. The summed E-state index contributed by atoms with van der Waals surface area (Å²) < 4.78 is 37.6. The van der Waals surface area contributed by atoms with Crippen molar-refractivity contribution in [1.82, 2.24) is 0 Å². The number of carboxylic acid groups (broad SMARTS) is 1. The lowest BCUT2D eigenvalue weighted by Gasteiger charge is -2.12. The summed E-state index contributed by atoms with van der Waals surface area (Å²) in [5, 5.41) is 8.09. The first-order valence-electron chi connectivity index (χ1n) is 4.29. The Bertz CT molecular complexity index is 483. The van der Waals surface area contributed by atoms with Crippen LogP contribution < -0.4 is 5.73 Å². The molecule has 0 aromatic heterocycles. The van der Waals surface area contributed by atoms with Gasteiger partial charge in [-0.1, -0.05) is 11.6 Å². The molecule has 0 bridgehead atoms. The number of aliphatic carboxylic acids is 1. The molecule has 0 aliphatic carbocycles. The molecular weight excluding hydrogens is 259 g/mol. The molecule has 0 atom stereocenters. The highest BCUT2D eigenvalue weighted by Gasteiger charge is 2.34. The van der Waals surface area contributed by atoms with Crippen molar-refractivity contribution in [1.29, 1.82) is 0 Å². The van der Waals surface area contributed by atoms with Crippen LogP contribution in [-0.2, 0) is 11.0 Å². The molecule has 0 saturated carbocycles. The highest BCUT2D eigenvalue weighted by molar-refractivity contribution is 6.33. The van der Waals surface area contributed by atoms with Gasteiger partial charge in [-0.05, 0) is 23.8 Å². The molecule has 0 aliphatic heterocycles. The summed E-state index contributed by atoms with van der Waals surface area (Å²) in [6.45, 7) is 0. The van der Waals surface area contributed by atoms with Crippen molar-refractivity contribution in [3.05, 3.63) is 34.4 Å². The predicted octanol–water partition coefficient (Wildman–Crippen LogP) is 3.04. The van der Waals surface area contributed by atoms with E-state index in [1.165, 1.54) is 0 Å². The Balaban J connectivity index is 3.29. The number of hydrogen-bond acceptors (Lipinski definition) is 2. The summed E-state index contributed by atoms with van der Waals surface area (Å²) in [6, 6.07) is 1.90. The Labute approximate surface area is 99.3 Å². The Hall–Kier alpha value is -1.69. The SMILES string of the molecule is Nc1c(Cl)cc(/C=C/C(=O)O)cc1C(F)(F)F. The molecule has 0 amide bonds. The largest absolute Gasteiger partial charge is 0.478 e. The van der Waals surface area contributed by atoms with E-state index in [9.17, 15) is 18.0 Å². The fraction of sp³-hybridized carbons (Fsp3) is 0.100. The molecule has 1 aromatic carbocycles. The van der Waals surface area contributed by atoms with Gasteiger partial charge in [0.05, 0.1) is 16.3 Å². The minimum atomic E-state index is -4.64. The van der Waals surface area contributed by atoms with Gasteiger partial charge in [0, 0.05) is 6.08 Å². The minimum absolute atomic E-state index is 0.0129. The van der Waals surface area contributed by atoms with E-state index in [0.717, 1.165) is 18.2 Å². The first-order chi connectivity index (χ1) is 7.71. The van der Waals surface area contributed by atoms with Crippen LogP contribution in [0.3, 0.4) is 0 Å². The van der Waals surface area contributed by atoms with E-state index in [1.807, 2.05) is 0 Å². The molecule has 0 heterocycles. The Kier molecular flexibility index (Phi) is 3.67. The number of benzene rings is 1. The highest BCUT2D eigenvalue weighted by Crippen LogP contribution is 2.37. The molecule has 0 radical (unpaired) electrons. The van der Waals surface area contributed by atoms with E-state index < -0.39 is 23.4 Å². The molecule has 0 aliphatic rings. The van der Waals surface area contributed by atoms with E-state index in [1.54, 1.807) is 0 Å². The lowest BCUT2D eigenvalue weighted by molar-refractivity contribution is -0.137. The van der Waals surface area contributed by atoms with Gasteiger partial charge in [-0.2, -0.15) is 13.2 Å². The van der Waals surface area contributed by atoms with E-state index in [0.29, 0.717) is 6.08 Å². The third-order valence-electron chi connectivity index (χ3n) is 1.88. The molecule has 92 valence electrons. The van der Waals surface area contributed by atoms with Gasteiger partial charge in [-0.25, -0.2) is 4.79 Å². The second kappa shape index (κ2) is 4.67. The fourth-order valence-corrected chi connectivity index (χ4v) is 1.36. The summed E-state index contributed by atoms with van der Waals surface area (Å²) in [5.41, 5.74) is 3.55. The monoisotopic (exact) mass is 265 g/mol. The van der Waals surface area contributed by atoms with Gasteiger partial charge in [0.1, 0.15) is 0 Å². The first kappa shape index (κ1) is 13.4. The number of hydrogen-bond donors (Lipinski definition) is 2. The number of halogens is 4. The smallest absolute Gasteiger partial charge is 0.418 e. The summed E-state index contributed by atoms with van der Waals surface area (Å²) in [5.74, 6) is -1.27. The standard InChI is InChI=1S/C10H7ClF3NO2/c11-7-4-5(1-2-8(16)17)3-6(9(7)15)10(12,13)14/h1-4H,15H2,(H,16,17)/b2-1+. The molecule has 0 fully saturated rings. The van der Waals surface area contributed by atoms with Crippen molar-refractivity contribution in [2.75, 3.05) is 5.73 Å². The Morgan fingerprint density at radius 3 is 2.47 bits per heavy atom. The van der Waals surface area contributed by atoms with Crippen LogP contribution >= 0.6 is 11.6 Å². The molecule has 3 N–H and O–H groups in total. The molecule has 1 rings (SSSR count). The van der Waals surface area contributed by atoms with Gasteiger partial charge in [0.25, 0.3) is 0 Å². The van der Waals surface area contributed by atoms with Gasteiger partial charge >= 0.3 is 12.1 Å². The van der Waals surface area contributed by atoms with Crippen molar-refractivity contribution >= 4 is 29.3 Å². The molecule has 0 spiro atoms. The maximum absolute atomic E-state index is 12.5. The first-order valence-corrected chi connectivity index (χ1v) is 4.67. The fourth-order valence-electron chi connectivity index (χ4n) is 1.14. The second-order valence-electron chi connectivity index (χ2n) is 3.13. The molecular formula is C10H7ClF3NO2. The van der Waals surface area contributed by atoms with Crippen LogP contribution in [0.5, 0.6) is 0 Å². The molecule has 0 unspecified atom stereocenters. The van der Waals surface area contributed by atoms with Crippen LogP contribution in [0.2, 0.25) is 5.02 Å². The van der Waals surface area contributed by atoms with E-state index in [4.69, 9.17) is 22.4 Å². The number of carboxylic acids is 1. The highest BCUT2D eigenvalue weighted by atomic mass is 35.5. The molecule has 1 aromatic rings. The van der Waals surface area contributed by atoms with Crippen LogP contribution in [-0.4, -0.2) is 11.1 Å². The van der Waals surface area contributed by atoms with Gasteiger partial charge in [-0.15, -0.1) is 0 Å². The summed E-state index contributed by atoms with van der Waals surface area (Å²) in [7, 11) is 0. The average Bonchev–Trinajstić information content (AvgIpc) is 2.17. The number of nitrogens with two attached hydrogens (primary N) is 1. The van der Waals surface area contributed by atoms with Gasteiger partial charge in [0.15, 0.2) is 0 Å². The van der Waals surface area contributed by atoms with Gasteiger partial charge in [0.2, 0.25) is 0 Å². The molecule has 7 heteroatoms. The van der Waals surface area contributed by atoms with Crippen molar-refractivity contribution in [3.8, 4) is 0 Å². The van der Waals surface area contributed by atoms with Crippen molar-refractivity contribution in [2.45, 2.75) is 6.18 Å². The zero-order valence-electron chi connectivity index (χ0n) is 8.25. The van der Waals surface area contributed by atoms with Crippen molar-refractivity contribution in [3.63, 3.8) is 0 Å². The lowest BCUT2D eigenvalue weighted by atomic mass is 10.1. The summed E-state index contributed by atoms with van der Waals surface area (Å²) >= 11 is 5.53. The lowest BCUT2D eigenvalue weighted by Crippen LogP contribution is -2.09. The van der Waals surface area contributed by atoms with E-state index >= 15 is 0 Å². The minimum Gasteiger partial charge on any atom is -0.478 e. The van der Waals surface area contributed by atoms with E-state index in [-0.39, 0.29) is 10.6 Å².